The lowest BCUT2D eigenvalue weighted by Gasteiger charge is -2.23. The van der Waals surface area contributed by atoms with Crippen molar-refractivity contribution in [2.45, 2.75) is 45.3 Å². The predicted octanol–water partition coefficient (Wildman–Crippen LogP) is 2.57. The first kappa shape index (κ1) is 19.9. The quantitative estimate of drug-likeness (QED) is 0.446. The summed E-state index contributed by atoms with van der Waals surface area (Å²) in [6.45, 7) is 4.47. The first-order valence-electron chi connectivity index (χ1n) is 8.37. The molecule has 1 heterocycles. The summed E-state index contributed by atoms with van der Waals surface area (Å²) in [4.78, 5) is 49.7. The normalized spacial score (nSPS) is 17.0. The van der Waals surface area contributed by atoms with Crippen LogP contribution in [0.1, 0.15) is 44.0 Å². The number of halogens is 1. The van der Waals surface area contributed by atoms with Crippen molar-refractivity contribution in [1.29, 1.82) is 0 Å². The zero-order valence-electron chi connectivity index (χ0n) is 14.9. The van der Waals surface area contributed by atoms with Crippen molar-refractivity contribution in [3.8, 4) is 0 Å². The average molecular weight is 381 g/mol. The Kier molecular flexibility index (Phi) is 6.02. The minimum atomic E-state index is -1.05. The second kappa shape index (κ2) is 7.86. The molecular weight excluding hydrogens is 360 g/mol. The number of ketones is 1. The number of imide groups is 1. The standard InChI is InChI=1S/C18H21ClN2O5/c1-4-18(5-2)16(24)21(17(25)20-18)10-14(22)26-11(3)15(23)12-6-8-13(19)9-7-12/h6-9,11H,4-5,10H2,1-3H3,(H,20,25)/t11-/m1/s1. The maximum absolute atomic E-state index is 12.5. The Labute approximate surface area is 156 Å². The van der Waals surface area contributed by atoms with Crippen LogP contribution in [0.5, 0.6) is 0 Å². The van der Waals surface area contributed by atoms with Crippen LogP contribution in [0.4, 0.5) is 4.79 Å². The van der Waals surface area contributed by atoms with Gasteiger partial charge in [0.2, 0.25) is 5.78 Å². The van der Waals surface area contributed by atoms with Gasteiger partial charge in [-0.2, -0.15) is 0 Å². The molecule has 0 aromatic heterocycles. The number of hydrogen-bond donors (Lipinski definition) is 1. The van der Waals surface area contributed by atoms with Crippen molar-refractivity contribution in [3.05, 3.63) is 34.9 Å². The number of hydrogen-bond acceptors (Lipinski definition) is 5. The number of nitrogens with zero attached hydrogens (tertiary/aromatic N) is 1. The van der Waals surface area contributed by atoms with Crippen molar-refractivity contribution >= 4 is 35.3 Å². The van der Waals surface area contributed by atoms with Gasteiger partial charge >= 0.3 is 12.0 Å². The van der Waals surface area contributed by atoms with Crippen LogP contribution in [-0.2, 0) is 14.3 Å². The molecule has 1 saturated heterocycles. The molecule has 1 atom stereocenters. The number of carbonyl (C=O) groups is 4. The number of amides is 3. The molecule has 1 aliphatic heterocycles. The Morgan fingerprint density at radius 3 is 2.27 bits per heavy atom. The van der Waals surface area contributed by atoms with E-state index in [4.69, 9.17) is 16.3 Å². The van der Waals surface area contributed by atoms with Gasteiger partial charge in [0.25, 0.3) is 5.91 Å². The average Bonchev–Trinajstić information content (AvgIpc) is 2.86. The summed E-state index contributed by atoms with van der Waals surface area (Å²) in [5.41, 5.74) is -0.636. The van der Waals surface area contributed by atoms with Crippen LogP contribution in [0.2, 0.25) is 5.02 Å². The van der Waals surface area contributed by atoms with Gasteiger partial charge in [0, 0.05) is 10.6 Å². The van der Waals surface area contributed by atoms with Crippen LogP contribution in [0.25, 0.3) is 0 Å². The van der Waals surface area contributed by atoms with E-state index in [1.807, 2.05) is 0 Å². The monoisotopic (exact) mass is 380 g/mol. The fourth-order valence-electron chi connectivity index (χ4n) is 2.81. The maximum Gasteiger partial charge on any atom is 0.326 e. The summed E-state index contributed by atoms with van der Waals surface area (Å²) in [5, 5.41) is 3.12. The smallest absolute Gasteiger partial charge is 0.326 e. The van der Waals surface area contributed by atoms with Crippen molar-refractivity contribution in [1.82, 2.24) is 10.2 Å². The van der Waals surface area contributed by atoms with Gasteiger partial charge < -0.3 is 10.1 Å². The van der Waals surface area contributed by atoms with Crippen LogP contribution in [0, 0.1) is 0 Å². The number of benzene rings is 1. The van der Waals surface area contributed by atoms with E-state index >= 15 is 0 Å². The zero-order chi connectivity index (χ0) is 19.5. The molecule has 1 aliphatic rings. The third-order valence-electron chi connectivity index (χ3n) is 4.55. The van der Waals surface area contributed by atoms with E-state index in [9.17, 15) is 19.2 Å². The molecule has 1 N–H and O–H groups in total. The fraction of sp³-hybridized carbons (Fsp3) is 0.444. The molecular formula is C18H21ClN2O5. The molecule has 140 valence electrons. The van der Waals surface area contributed by atoms with E-state index in [-0.39, 0.29) is 0 Å². The molecule has 8 heteroatoms. The second-order valence-electron chi connectivity index (χ2n) is 6.11. The van der Waals surface area contributed by atoms with Gasteiger partial charge in [-0.25, -0.2) is 4.79 Å². The summed E-state index contributed by atoms with van der Waals surface area (Å²) >= 11 is 5.78. The Morgan fingerprint density at radius 1 is 1.19 bits per heavy atom. The van der Waals surface area contributed by atoms with Crippen molar-refractivity contribution in [3.63, 3.8) is 0 Å². The first-order chi connectivity index (χ1) is 12.2. The number of urea groups is 1. The number of nitrogens with one attached hydrogen (secondary N) is 1. The molecule has 0 unspecified atom stereocenters. The Morgan fingerprint density at radius 2 is 1.77 bits per heavy atom. The molecule has 1 aromatic carbocycles. The Hall–Kier alpha value is -2.41. The number of rotatable bonds is 7. The SMILES string of the molecule is CCC1(CC)NC(=O)N(CC(=O)O[C@H](C)C(=O)c2ccc(Cl)cc2)C1=O. The van der Waals surface area contributed by atoms with Crippen LogP contribution in [0.3, 0.4) is 0 Å². The van der Waals surface area contributed by atoms with E-state index in [1.54, 1.807) is 26.0 Å². The summed E-state index contributed by atoms with van der Waals surface area (Å²) < 4.78 is 5.10. The third kappa shape index (κ3) is 3.88. The maximum atomic E-state index is 12.5. The fourth-order valence-corrected chi connectivity index (χ4v) is 2.94. The summed E-state index contributed by atoms with van der Waals surface area (Å²) in [7, 11) is 0. The zero-order valence-corrected chi connectivity index (χ0v) is 15.6. The summed E-state index contributed by atoms with van der Waals surface area (Å²) in [6.07, 6.45) is -0.206. The Bertz CT molecular complexity index is 728. The topological polar surface area (TPSA) is 92.8 Å². The van der Waals surface area contributed by atoms with Crippen LogP contribution in [0.15, 0.2) is 24.3 Å². The molecule has 0 bridgehead atoms. The van der Waals surface area contributed by atoms with Crippen LogP contribution >= 0.6 is 11.6 Å². The highest BCUT2D eigenvalue weighted by atomic mass is 35.5. The number of esters is 1. The highest BCUT2D eigenvalue weighted by Gasteiger charge is 2.49. The molecule has 0 spiro atoms. The summed E-state index contributed by atoms with van der Waals surface area (Å²) in [5.74, 6) is -1.68. The molecule has 0 aliphatic carbocycles. The van der Waals surface area contributed by atoms with Gasteiger partial charge in [-0.3, -0.25) is 19.3 Å². The van der Waals surface area contributed by atoms with Crippen LogP contribution < -0.4 is 5.32 Å². The van der Waals surface area contributed by atoms with Crippen molar-refractivity contribution < 1.29 is 23.9 Å². The van der Waals surface area contributed by atoms with Gasteiger partial charge in [0.1, 0.15) is 12.1 Å². The molecule has 7 nitrogen and oxygen atoms in total. The van der Waals surface area contributed by atoms with Gasteiger partial charge in [0.05, 0.1) is 0 Å². The lowest BCUT2D eigenvalue weighted by molar-refractivity contribution is -0.150. The first-order valence-corrected chi connectivity index (χ1v) is 8.75. The van der Waals surface area contributed by atoms with Gasteiger partial charge in [-0.1, -0.05) is 25.4 Å². The molecule has 1 aromatic rings. The number of ether oxygens (including phenoxy) is 1. The second-order valence-corrected chi connectivity index (χ2v) is 6.55. The molecule has 0 radical (unpaired) electrons. The lowest BCUT2D eigenvalue weighted by Crippen LogP contribution is -2.46. The van der Waals surface area contributed by atoms with Crippen molar-refractivity contribution in [2.24, 2.45) is 0 Å². The predicted molar refractivity (Wildman–Crippen MR) is 94.9 cm³/mol. The molecule has 1 fully saturated rings. The summed E-state index contributed by atoms with van der Waals surface area (Å²) in [6, 6.07) is 5.55. The minimum absolute atomic E-state index is 0.348. The number of carbonyl (C=O) groups excluding carboxylic acids is 4. The minimum Gasteiger partial charge on any atom is -0.453 e. The highest BCUT2D eigenvalue weighted by Crippen LogP contribution is 2.24. The van der Waals surface area contributed by atoms with E-state index in [1.165, 1.54) is 19.1 Å². The highest BCUT2D eigenvalue weighted by molar-refractivity contribution is 6.30. The lowest BCUT2D eigenvalue weighted by atomic mass is 9.93. The largest absolute Gasteiger partial charge is 0.453 e. The van der Waals surface area contributed by atoms with Gasteiger partial charge in [0.15, 0.2) is 6.10 Å². The van der Waals surface area contributed by atoms with Crippen LogP contribution in [-0.4, -0.2) is 46.8 Å². The van der Waals surface area contributed by atoms with E-state index < -0.39 is 41.9 Å². The van der Waals surface area contributed by atoms with E-state index in [0.717, 1.165) is 4.90 Å². The molecule has 2 rings (SSSR count). The molecule has 26 heavy (non-hydrogen) atoms. The molecule has 0 saturated carbocycles. The van der Waals surface area contributed by atoms with E-state index in [2.05, 4.69) is 5.32 Å². The van der Waals surface area contributed by atoms with Gasteiger partial charge in [-0.05, 0) is 44.0 Å². The van der Waals surface area contributed by atoms with Gasteiger partial charge in [-0.15, -0.1) is 0 Å². The van der Waals surface area contributed by atoms with Crippen molar-refractivity contribution in [2.75, 3.05) is 6.54 Å². The molecule has 3 amide bonds. The van der Waals surface area contributed by atoms with E-state index in [0.29, 0.717) is 23.4 Å². The Balaban J connectivity index is 2.00. The number of Topliss-reactive ketones (excluding diaryl/α,β-unsaturated/α-hetero) is 1. The third-order valence-corrected chi connectivity index (χ3v) is 4.80.